The molecule has 1 amide bonds. The highest BCUT2D eigenvalue weighted by Crippen LogP contribution is 2.50. The van der Waals surface area contributed by atoms with E-state index in [9.17, 15) is 42.4 Å². The van der Waals surface area contributed by atoms with Crippen molar-refractivity contribution in [2.45, 2.75) is 31.2 Å². The molecule has 0 saturated carbocycles. The number of aromatic nitrogens is 1. The van der Waals surface area contributed by atoms with Crippen molar-refractivity contribution in [3.05, 3.63) is 67.1 Å². The molecule has 1 saturated heterocycles. The van der Waals surface area contributed by atoms with Crippen molar-refractivity contribution in [1.29, 1.82) is 0 Å². The van der Waals surface area contributed by atoms with Crippen molar-refractivity contribution in [1.82, 2.24) is 9.47 Å². The third-order valence-electron chi connectivity index (χ3n) is 6.88. The monoisotopic (exact) mass is 707 g/mol. The van der Waals surface area contributed by atoms with Crippen LogP contribution in [-0.2, 0) is 31.0 Å². The number of rotatable bonds is 10. The lowest BCUT2D eigenvalue weighted by molar-refractivity contribution is -0.140. The van der Waals surface area contributed by atoms with Crippen molar-refractivity contribution >= 4 is 106 Å². The molecule has 0 atom stereocenters. The Bertz CT molecular complexity index is 2100. The molecule has 0 bridgehead atoms. The van der Waals surface area contributed by atoms with Gasteiger partial charge in [-0.25, -0.2) is 0 Å². The van der Waals surface area contributed by atoms with Gasteiger partial charge < -0.3 is 15.1 Å². The van der Waals surface area contributed by atoms with Crippen molar-refractivity contribution < 1.29 is 37.6 Å². The van der Waals surface area contributed by atoms with Gasteiger partial charge in [0.15, 0.2) is 0 Å². The van der Waals surface area contributed by atoms with E-state index in [4.69, 9.17) is 12.2 Å². The Morgan fingerprint density at radius 1 is 1.00 bits per heavy atom. The van der Waals surface area contributed by atoms with Crippen LogP contribution in [0.3, 0.4) is 0 Å². The molecule has 17 heteroatoms. The molecule has 0 radical (unpaired) electrons. The van der Waals surface area contributed by atoms with Crippen LogP contribution in [0.5, 0.6) is 0 Å². The van der Waals surface area contributed by atoms with Crippen molar-refractivity contribution in [2.24, 2.45) is 0 Å². The second kappa shape index (κ2) is 13.1. The quantitative estimate of drug-likeness (QED) is 0.207. The zero-order valence-corrected chi connectivity index (χ0v) is 27.5. The van der Waals surface area contributed by atoms with Gasteiger partial charge in [0.1, 0.15) is 27.0 Å². The van der Waals surface area contributed by atoms with Gasteiger partial charge in [-0.15, -0.1) is 11.3 Å². The number of aliphatic carboxylic acids is 2. The van der Waals surface area contributed by atoms with Crippen LogP contribution in [0.15, 0.2) is 57.2 Å². The first-order valence-electron chi connectivity index (χ1n) is 13.4. The number of nitrogens with zero attached hydrogens (tertiary/aromatic N) is 3. The lowest BCUT2D eigenvalue weighted by Gasteiger charge is -2.22. The molecule has 5 rings (SSSR count). The molecule has 3 N–H and O–H groups in total. The number of carbonyl (C=O) groups is 3. The Kier molecular flexibility index (Phi) is 9.57. The fraction of sp³-hybridized carbons (Fsp3) is 0.250. The molecule has 0 spiro atoms. The fourth-order valence-electron chi connectivity index (χ4n) is 4.94. The fourth-order valence-corrected chi connectivity index (χ4v) is 9.25. The minimum Gasteiger partial charge on any atom is -0.480 e. The molecule has 1 fully saturated rings. The van der Waals surface area contributed by atoms with Gasteiger partial charge in [-0.2, -0.15) is 8.42 Å². The first-order valence-corrected chi connectivity index (χ1v) is 17.8. The number of carboxylic acids is 2. The lowest BCUT2D eigenvalue weighted by Crippen LogP contribution is -2.37. The summed E-state index contributed by atoms with van der Waals surface area (Å²) in [6.07, 6.45) is 2.27. The van der Waals surface area contributed by atoms with E-state index in [0.717, 1.165) is 53.9 Å². The highest BCUT2D eigenvalue weighted by Gasteiger charge is 2.36. The third-order valence-corrected chi connectivity index (χ3v) is 11.6. The summed E-state index contributed by atoms with van der Waals surface area (Å²) in [6, 6.07) is 11.7. The van der Waals surface area contributed by atoms with Crippen LogP contribution >= 0.6 is 47.1 Å². The van der Waals surface area contributed by atoms with E-state index in [2.05, 4.69) is 0 Å². The predicted molar refractivity (Wildman–Crippen MR) is 178 cm³/mol. The zero-order chi connectivity index (χ0) is 32.6. The van der Waals surface area contributed by atoms with Crippen molar-refractivity contribution in [3.63, 3.8) is 0 Å². The smallest absolute Gasteiger partial charge is 0.323 e. The van der Waals surface area contributed by atoms with Gasteiger partial charge in [-0.3, -0.25) is 33.2 Å². The number of carbonyl (C=O) groups excluding carboxylic acids is 1. The topological polar surface area (TPSA) is 175 Å². The van der Waals surface area contributed by atoms with Gasteiger partial charge >= 0.3 is 11.9 Å². The number of anilines is 1. The summed E-state index contributed by atoms with van der Waals surface area (Å²) in [6.45, 7) is 0.669. The van der Waals surface area contributed by atoms with Crippen molar-refractivity contribution in [3.8, 4) is 0 Å². The first-order chi connectivity index (χ1) is 21.3. The average molecular weight is 708 g/mol. The van der Waals surface area contributed by atoms with E-state index in [1.165, 1.54) is 11.8 Å². The summed E-state index contributed by atoms with van der Waals surface area (Å²) in [5, 5.41) is 21.4. The number of thioether (sulfide) groups is 2. The second-order valence-corrected chi connectivity index (χ2v) is 15.2. The van der Waals surface area contributed by atoms with E-state index in [1.54, 1.807) is 6.08 Å². The molecular formula is C28H25N3O9S5. The molecule has 3 heterocycles. The third kappa shape index (κ3) is 6.87. The van der Waals surface area contributed by atoms with E-state index in [-0.39, 0.29) is 31.4 Å². The highest BCUT2D eigenvalue weighted by molar-refractivity contribution is 8.30. The molecule has 2 aliphatic heterocycles. The summed E-state index contributed by atoms with van der Waals surface area (Å²) in [5.74, 6) is -3.75. The minimum atomic E-state index is -4.19. The SMILES string of the molecule is CCC(/C=C1\Sc2ccc3ccccc3c2N1CCCS(=O)(=O)O)=c1\s/c(=C2\SC(=S)N(CC(=O)O)C2=O)n(CC(=O)O)c1=O. The first kappa shape index (κ1) is 32.9. The van der Waals surface area contributed by atoms with Gasteiger partial charge in [-0.05, 0) is 35.9 Å². The normalized spacial score (nSPS) is 17.9. The number of hydrogen-bond donors (Lipinski definition) is 3. The van der Waals surface area contributed by atoms with E-state index in [1.807, 2.05) is 48.2 Å². The summed E-state index contributed by atoms with van der Waals surface area (Å²) in [7, 11) is -4.19. The van der Waals surface area contributed by atoms with Crippen LogP contribution in [0.25, 0.3) is 21.3 Å². The number of fused-ring (bicyclic) bond motifs is 3. The Balaban J connectivity index is 1.69. The maximum absolute atomic E-state index is 13.7. The van der Waals surface area contributed by atoms with Crippen LogP contribution in [0.2, 0.25) is 0 Å². The van der Waals surface area contributed by atoms with E-state index >= 15 is 0 Å². The molecule has 0 unspecified atom stereocenters. The minimum absolute atomic E-state index is 0.0173. The van der Waals surface area contributed by atoms with Gasteiger partial charge in [0.25, 0.3) is 21.6 Å². The highest BCUT2D eigenvalue weighted by atomic mass is 32.2. The summed E-state index contributed by atoms with van der Waals surface area (Å²) >= 11 is 8.37. The van der Waals surface area contributed by atoms with Crippen LogP contribution in [-0.4, -0.2) is 73.7 Å². The second-order valence-electron chi connectivity index (χ2n) is 9.89. The Morgan fingerprint density at radius 3 is 2.38 bits per heavy atom. The maximum atomic E-state index is 13.7. The Labute approximate surface area is 274 Å². The standard InChI is InChI=1S/C28H25N3O9S5/c1-2-15(23-25(36)30(13-20(32)33)27(43-23)24-26(37)31(14-21(34)35)28(41)44-24)12-19-29(10-5-11-45(38,39)40)22-17-7-4-3-6-16(17)8-9-18(22)42-19/h3-4,6-9,12H,2,5,10-11,13-14H2,1H3,(H,32,33)(H,34,35)(H,38,39,40)/b19-12-,23-15+,27-24-. The number of hydrogen-bond acceptors (Lipinski definition) is 11. The molecule has 2 aliphatic rings. The number of benzene rings is 2. The lowest BCUT2D eigenvalue weighted by atomic mass is 10.1. The molecule has 12 nitrogen and oxygen atoms in total. The zero-order valence-electron chi connectivity index (χ0n) is 23.5. The summed E-state index contributed by atoms with van der Waals surface area (Å²) < 4.78 is 33.6. The van der Waals surface area contributed by atoms with Crippen LogP contribution in [0.4, 0.5) is 5.69 Å². The number of thiazole rings is 1. The summed E-state index contributed by atoms with van der Waals surface area (Å²) in [5.41, 5.74) is 0.787. The average Bonchev–Trinajstić information content (AvgIpc) is 3.57. The van der Waals surface area contributed by atoms with E-state index in [0.29, 0.717) is 17.0 Å². The van der Waals surface area contributed by atoms with Crippen molar-refractivity contribution in [2.75, 3.05) is 23.7 Å². The number of allylic oxidation sites excluding steroid dienone is 1. The van der Waals surface area contributed by atoms with Gasteiger partial charge in [-0.1, -0.05) is 73.0 Å². The number of carboxylic acid groups (broad SMARTS) is 2. The molecule has 1 aromatic heterocycles. The van der Waals surface area contributed by atoms with Gasteiger partial charge in [0, 0.05) is 16.8 Å². The number of amides is 1. The molecule has 2 aromatic carbocycles. The van der Waals surface area contributed by atoms with Crippen LogP contribution < -0.4 is 19.7 Å². The van der Waals surface area contributed by atoms with Gasteiger partial charge in [0.05, 0.1) is 21.0 Å². The summed E-state index contributed by atoms with van der Waals surface area (Å²) in [4.78, 5) is 53.6. The Morgan fingerprint density at radius 2 is 1.71 bits per heavy atom. The van der Waals surface area contributed by atoms with E-state index < -0.39 is 52.4 Å². The van der Waals surface area contributed by atoms with Crippen LogP contribution in [0, 0.1) is 0 Å². The predicted octanol–water partition coefficient (Wildman–Crippen LogP) is 2.49. The Hall–Kier alpha value is -3.48. The van der Waals surface area contributed by atoms with Crippen LogP contribution in [0.1, 0.15) is 19.8 Å². The molecule has 45 heavy (non-hydrogen) atoms. The molecule has 0 aliphatic carbocycles. The largest absolute Gasteiger partial charge is 0.480 e. The van der Waals surface area contributed by atoms with Gasteiger partial charge in [0.2, 0.25) is 0 Å². The molecule has 236 valence electrons. The number of thiocarbonyl (C=S) groups is 1. The maximum Gasteiger partial charge on any atom is 0.323 e. The molecule has 3 aromatic rings. The molecular weight excluding hydrogens is 683 g/mol.